The van der Waals surface area contributed by atoms with E-state index in [0.717, 1.165) is 19.1 Å². The van der Waals surface area contributed by atoms with Crippen molar-refractivity contribution in [2.75, 3.05) is 0 Å². The Kier molecular flexibility index (Phi) is 12.0. The second-order valence-electron chi connectivity index (χ2n) is 7.72. The van der Waals surface area contributed by atoms with Gasteiger partial charge in [0.25, 0.3) is 0 Å². The van der Waals surface area contributed by atoms with Gasteiger partial charge in [0.1, 0.15) is 0 Å². The van der Waals surface area contributed by atoms with Gasteiger partial charge in [-0.15, -0.1) is 6.58 Å². The van der Waals surface area contributed by atoms with Crippen molar-refractivity contribution in [2.45, 2.75) is 90.4 Å². The molecule has 4 heteroatoms. The van der Waals surface area contributed by atoms with Crippen molar-refractivity contribution in [3.05, 3.63) is 36.6 Å². The zero-order valence-electron chi connectivity index (χ0n) is 16.3. The van der Waals surface area contributed by atoms with Gasteiger partial charge in [0.05, 0.1) is 23.1 Å². The van der Waals surface area contributed by atoms with Crippen molar-refractivity contribution in [3.63, 3.8) is 0 Å². The zero-order chi connectivity index (χ0) is 19.4. The highest BCUT2D eigenvalue weighted by Gasteiger charge is 2.18. The lowest BCUT2D eigenvalue weighted by Crippen LogP contribution is -2.23. The molecule has 0 aromatic heterocycles. The standard InChI is InChI=1S/C10H18O2.C10H20O2/c1-9(2)5-4-6-10(3,12)7-8-11;1-5-10(4,12)8-6-7-9(2,3)11/h5,7-8,11-12H,4,6H2,1-3H3;5,11-12H,1,6-8H2,2-4H3. The minimum absolute atomic E-state index is 0.628. The molecule has 0 fully saturated rings. The van der Waals surface area contributed by atoms with Gasteiger partial charge >= 0.3 is 0 Å². The molecular formula is C20H38O4. The maximum absolute atomic E-state index is 9.55. The van der Waals surface area contributed by atoms with Crippen molar-refractivity contribution in [3.8, 4) is 0 Å². The van der Waals surface area contributed by atoms with Crippen LogP contribution in [0.4, 0.5) is 0 Å². The van der Waals surface area contributed by atoms with E-state index in [0.29, 0.717) is 19.3 Å². The quantitative estimate of drug-likeness (QED) is 0.369. The molecule has 2 atom stereocenters. The van der Waals surface area contributed by atoms with E-state index in [1.54, 1.807) is 27.7 Å². The number of aliphatic hydroxyl groups is 4. The molecule has 142 valence electrons. The molecule has 0 spiro atoms. The molecule has 0 heterocycles. The predicted octanol–water partition coefficient (Wildman–Crippen LogP) is 4.42. The number of allylic oxidation sites excluding steroid dienone is 2. The highest BCUT2D eigenvalue weighted by molar-refractivity contribution is 4.99. The molecule has 0 aromatic carbocycles. The van der Waals surface area contributed by atoms with Gasteiger partial charge < -0.3 is 20.4 Å². The zero-order valence-corrected chi connectivity index (χ0v) is 16.3. The van der Waals surface area contributed by atoms with E-state index >= 15 is 0 Å². The van der Waals surface area contributed by atoms with Gasteiger partial charge in [0.2, 0.25) is 0 Å². The molecular weight excluding hydrogens is 304 g/mol. The number of aliphatic hydroxyl groups excluding tert-OH is 1. The van der Waals surface area contributed by atoms with Crippen LogP contribution in [-0.4, -0.2) is 37.2 Å². The smallest absolute Gasteiger partial charge is 0.0834 e. The Morgan fingerprint density at radius 3 is 1.83 bits per heavy atom. The minimum Gasteiger partial charge on any atom is -0.516 e. The van der Waals surface area contributed by atoms with Crippen LogP contribution in [0.25, 0.3) is 0 Å². The Labute approximate surface area is 148 Å². The molecule has 0 aromatic rings. The first-order valence-electron chi connectivity index (χ1n) is 8.51. The van der Waals surface area contributed by atoms with E-state index in [9.17, 15) is 15.3 Å². The number of rotatable bonds is 9. The summed E-state index contributed by atoms with van der Waals surface area (Å²) in [6, 6.07) is 0. The molecule has 0 aliphatic heterocycles. The normalized spacial score (nSPS) is 16.5. The summed E-state index contributed by atoms with van der Waals surface area (Å²) in [7, 11) is 0. The summed E-state index contributed by atoms with van der Waals surface area (Å²) in [5.74, 6) is 0. The van der Waals surface area contributed by atoms with Crippen LogP contribution < -0.4 is 0 Å². The molecule has 0 saturated heterocycles. The van der Waals surface area contributed by atoms with E-state index in [1.165, 1.54) is 17.7 Å². The fraction of sp³-hybridized carbons (Fsp3) is 0.700. The van der Waals surface area contributed by atoms with Crippen LogP contribution >= 0.6 is 0 Å². The third-order valence-corrected chi connectivity index (χ3v) is 3.55. The summed E-state index contributed by atoms with van der Waals surface area (Å²) in [4.78, 5) is 0. The van der Waals surface area contributed by atoms with E-state index in [-0.39, 0.29) is 0 Å². The topological polar surface area (TPSA) is 80.9 Å². The Morgan fingerprint density at radius 1 is 0.917 bits per heavy atom. The molecule has 4 nitrogen and oxygen atoms in total. The number of hydrogen-bond donors (Lipinski definition) is 4. The summed E-state index contributed by atoms with van der Waals surface area (Å²) in [5.41, 5.74) is -1.05. The van der Waals surface area contributed by atoms with Crippen LogP contribution in [0, 0.1) is 0 Å². The lowest BCUT2D eigenvalue weighted by molar-refractivity contribution is 0.0526. The summed E-state index contributed by atoms with van der Waals surface area (Å²) < 4.78 is 0. The summed E-state index contributed by atoms with van der Waals surface area (Å²) in [5, 5.41) is 36.9. The molecule has 0 aliphatic carbocycles. The van der Waals surface area contributed by atoms with E-state index in [2.05, 4.69) is 12.7 Å². The first-order chi connectivity index (χ1) is 10.7. The molecule has 0 aliphatic rings. The molecule has 0 rings (SSSR count). The van der Waals surface area contributed by atoms with Crippen molar-refractivity contribution < 1.29 is 20.4 Å². The van der Waals surface area contributed by atoms with Crippen LogP contribution in [0.3, 0.4) is 0 Å². The fourth-order valence-electron chi connectivity index (χ4n) is 1.88. The third kappa shape index (κ3) is 18.9. The van der Waals surface area contributed by atoms with Crippen molar-refractivity contribution in [1.29, 1.82) is 0 Å². The Bertz CT molecular complexity index is 394. The van der Waals surface area contributed by atoms with Crippen molar-refractivity contribution >= 4 is 0 Å². The van der Waals surface area contributed by atoms with Crippen LogP contribution in [0.15, 0.2) is 36.6 Å². The van der Waals surface area contributed by atoms with Crippen LogP contribution in [0.2, 0.25) is 0 Å². The lowest BCUT2D eigenvalue weighted by Gasteiger charge is -2.21. The summed E-state index contributed by atoms with van der Waals surface area (Å²) in [6.07, 6.45) is 9.53. The van der Waals surface area contributed by atoms with Gasteiger partial charge in [-0.2, -0.15) is 0 Å². The molecule has 0 saturated carbocycles. The monoisotopic (exact) mass is 342 g/mol. The average Bonchev–Trinajstić information content (AvgIpc) is 2.36. The van der Waals surface area contributed by atoms with Gasteiger partial charge in [-0.3, -0.25) is 0 Å². The van der Waals surface area contributed by atoms with E-state index in [4.69, 9.17) is 5.11 Å². The van der Waals surface area contributed by atoms with Gasteiger partial charge in [0, 0.05) is 0 Å². The SMILES string of the molecule is C=CC(C)(O)CCCC(C)(C)O.CC(C)=CCCC(C)(O)C=CO. The van der Waals surface area contributed by atoms with Crippen molar-refractivity contribution in [2.24, 2.45) is 0 Å². The van der Waals surface area contributed by atoms with Crippen LogP contribution in [0.5, 0.6) is 0 Å². The maximum atomic E-state index is 9.55. The summed E-state index contributed by atoms with van der Waals surface area (Å²) in [6.45, 7) is 14.5. The molecule has 4 N–H and O–H groups in total. The Balaban J connectivity index is 0. The predicted molar refractivity (Wildman–Crippen MR) is 102 cm³/mol. The molecule has 0 bridgehead atoms. The van der Waals surface area contributed by atoms with E-state index < -0.39 is 16.8 Å². The highest BCUT2D eigenvalue weighted by Crippen LogP contribution is 2.19. The van der Waals surface area contributed by atoms with Gasteiger partial charge in [0.15, 0.2) is 0 Å². The third-order valence-electron chi connectivity index (χ3n) is 3.55. The Morgan fingerprint density at radius 2 is 1.46 bits per heavy atom. The van der Waals surface area contributed by atoms with Crippen LogP contribution in [0.1, 0.15) is 73.6 Å². The molecule has 0 amide bonds. The average molecular weight is 343 g/mol. The second kappa shape index (κ2) is 11.5. The maximum Gasteiger partial charge on any atom is 0.0834 e. The van der Waals surface area contributed by atoms with Crippen molar-refractivity contribution in [1.82, 2.24) is 0 Å². The Hall–Kier alpha value is -1.10. The summed E-state index contributed by atoms with van der Waals surface area (Å²) >= 11 is 0. The van der Waals surface area contributed by atoms with Gasteiger partial charge in [-0.05, 0) is 79.7 Å². The highest BCUT2D eigenvalue weighted by atomic mass is 16.3. The van der Waals surface area contributed by atoms with Gasteiger partial charge in [-0.1, -0.05) is 17.7 Å². The van der Waals surface area contributed by atoms with Crippen LogP contribution in [-0.2, 0) is 0 Å². The first-order valence-corrected chi connectivity index (χ1v) is 8.51. The second-order valence-corrected chi connectivity index (χ2v) is 7.72. The molecule has 0 radical (unpaired) electrons. The molecule has 24 heavy (non-hydrogen) atoms. The number of hydrogen-bond acceptors (Lipinski definition) is 4. The molecule has 2 unspecified atom stereocenters. The largest absolute Gasteiger partial charge is 0.516 e. The minimum atomic E-state index is -0.888. The lowest BCUT2D eigenvalue weighted by atomic mass is 9.94. The van der Waals surface area contributed by atoms with E-state index in [1.807, 2.05) is 13.8 Å². The fourth-order valence-corrected chi connectivity index (χ4v) is 1.88. The first kappa shape index (κ1) is 25.1. The van der Waals surface area contributed by atoms with Gasteiger partial charge in [-0.25, -0.2) is 0 Å².